The van der Waals surface area contributed by atoms with Crippen molar-refractivity contribution in [2.45, 2.75) is 42.4 Å². The first-order valence-electron chi connectivity index (χ1n) is 9.82. The summed E-state index contributed by atoms with van der Waals surface area (Å²) >= 11 is 0. The number of benzene rings is 2. The van der Waals surface area contributed by atoms with Crippen molar-refractivity contribution >= 4 is 29.1 Å². The van der Waals surface area contributed by atoms with Gasteiger partial charge in [-0.15, -0.1) is 0 Å². The van der Waals surface area contributed by atoms with E-state index in [9.17, 15) is 13.2 Å². The second kappa shape index (κ2) is 9.64. The quantitative estimate of drug-likeness (QED) is 0.562. The zero-order valence-electron chi connectivity index (χ0n) is 17.2. The minimum absolute atomic E-state index is 0.163. The Hall–Kier alpha value is -2.36. The van der Waals surface area contributed by atoms with Crippen molar-refractivity contribution in [3.63, 3.8) is 0 Å². The topological polar surface area (TPSA) is 95.9 Å². The maximum atomic E-state index is 12.7. The van der Waals surface area contributed by atoms with Gasteiger partial charge in [0.25, 0.3) is 0 Å². The smallest absolute Gasteiger partial charge is 0.537 e. The molecule has 1 fully saturated rings. The molecule has 0 bridgehead atoms. The molecule has 2 N–H and O–H groups in total. The van der Waals surface area contributed by atoms with Crippen LogP contribution < -0.4 is 9.97 Å². The number of aryl methyl sites for hydroxylation is 1. The van der Waals surface area contributed by atoms with Gasteiger partial charge in [0.15, 0.2) is 9.84 Å². The summed E-state index contributed by atoms with van der Waals surface area (Å²) < 4.78 is 30.4. The number of amides is 1. The zero-order valence-corrected chi connectivity index (χ0v) is 18.0. The van der Waals surface area contributed by atoms with Crippen LogP contribution in [0.5, 0.6) is 5.75 Å². The SMILES string of the molecule is CN(C)Cc1cc(NC(=O)CCc2cccc(O[B]O)c2)ccc1S(=O)(=O)C1CC1. The van der Waals surface area contributed by atoms with E-state index in [1.54, 1.807) is 36.4 Å². The average Bonchev–Trinajstić information content (AvgIpc) is 3.52. The van der Waals surface area contributed by atoms with E-state index >= 15 is 0 Å². The number of rotatable bonds is 10. The lowest BCUT2D eigenvalue weighted by molar-refractivity contribution is -0.116. The van der Waals surface area contributed by atoms with Crippen molar-refractivity contribution in [2.75, 3.05) is 19.4 Å². The number of nitrogens with one attached hydrogen (secondary N) is 1. The van der Waals surface area contributed by atoms with Crippen molar-refractivity contribution in [2.24, 2.45) is 0 Å². The van der Waals surface area contributed by atoms with Crippen LogP contribution in [0.3, 0.4) is 0 Å². The fourth-order valence-electron chi connectivity index (χ4n) is 3.27. The molecular weight excluding hydrogens is 403 g/mol. The molecule has 0 aliphatic heterocycles. The van der Waals surface area contributed by atoms with Crippen molar-refractivity contribution < 1.29 is 22.9 Å². The summed E-state index contributed by atoms with van der Waals surface area (Å²) in [6.45, 7) is 0.472. The summed E-state index contributed by atoms with van der Waals surface area (Å²) in [7, 11) is 1.06. The average molecular weight is 429 g/mol. The van der Waals surface area contributed by atoms with Crippen LogP contribution in [0.1, 0.15) is 30.4 Å². The van der Waals surface area contributed by atoms with Gasteiger partial charge in [-0.2, -0.15) is 0 Å². The second-order valence-electron chi connectivity index (χ2n) is 7.72. The number of carbonyl (C=O) groups excluding carboxylic acids is 1. The molecule has 159 valence electrons. The Balaban J connectivity index is 1.68. The molecule has 30 heavy (non-hydrogen) atoms. The molecule has 0 unspecified atom stereocenters. The number of nitrogens with zero attached hydrogens (tertiary/aromatic N) is 1. The monoisotopic (exact) mass is 429 g/mol. The summed E-state index contributed by atoms with van der Waals surface area (Å²) in [5.41, 5.74) is 2.18. The Morgan fingerprint density at radius 3 is 2.67 bits per heavy atom. The molecule has 1 amide bonds. The van der Waals surface area contributed by atoms with E-state index < -0.39 is 9.84 Å². The summed E-state index contributed by atoms with van der Waals surface area (Å²) in [5, 5.41) is 11.3. The Kier molecular flexibility index (Phi) is 7.17. The molecule has 0 saturated heterocycles. The van der Waals surface area contributed by atoms with E-state index in [0.29, 0.717) is 55.4 Å². The molecule has 9 heteroatoms. The fourth-order valence-corrected chi connectivity index (χ4v) is 5.14. The highest BCUT2D eigenvalue weighted by atomic mass is 32.2. The molecule has 1 radical (unpaired) electrons. The molecule has 0 heterocycles. The minimum atomic E-state index is -3.31. The maximum Gasteiger partial charge on any atom is 0.569 e. The largest absolute Gasteiger partial charge is 0.569 e. The highest BCUT2D eigenvalue weighted by Gasteiger charge is 2.38. The molecule has 0 atom stereocenters. The van der Waals surface area contributed by atoms with Crippen LogP contribution in [0, 0.1) is 0 Å². The summed E-state index contributed by atoms with van der Waals surface area (Å²) in [5.74, 6) is 0.333. The third kappa shape index (κ3) is 5.84. The lowest BCUT2D eigenvalue weighted by Gasteiger charge is -2.16. The zero-order chi connectivity index (χ0) is 21.7. The number of hydrogen-bond acceptors (Lipinski definition) is 6. The van der Waals surface area contributed by atoms with E-state index in [0.717, 1.165) is 5.56 Å². The lowest BCUT2D eigenvalue weighted by Crippen LogP contribution is -2.18. The second-order valence-corrected chi connectivity index (χ2v) is 9.92. The molecule has 3 rings (SSSR count). The molecule has 1 aliphatic rings. The molecule has 2 aromatic carbocycles. The van der Waals surface area contributed by atoms with Crippen LogP contribution >= 0.6 is 0 Å². The van der Waals surface area contributed by atoms with Crippen LogP contribution in [-0.4, -0.2) is 51.3 Å². The Morgan fingerprint density at radius 2 is 2.00 bits per heavy atom. The normalized spacial score (nSPS) is 13.9. The highest BCUT2D eigenvalue weighted by Crippen LogP contribution is 2.36. The van der Waals surface area contributed by atoms with Crippen LogP contribution in [-0.2, 0) is 27.6 Å². The minimum Gasteiger partial charge on any atom is -0.537 e. The fraction of sp³-hybridized carbons (Fsp3) is 0.381. The predicted molar refractivity (Wildman–Crippen MR) is 116 cm³/mol. The van der Waals surface area contributed by atoms with Gasteiger partial charge >= 0.3 is 7.69 Å². The van der Waals surface area contributed by atoms with Crippen LogP contribution in [0.15, 0.2) is 47.4 Å². The highest BCUT2D eigenvalue weighted by molar-refractivity contribution is 7.92. The molecule has 1 aliphatic carbocycles. The number of carbonyl (C=O) groups is 1. The van der Waals surface area contributed by atoms with E-state index in [2.05, 4.69) is 5.32 Å². The van der Waals surface area contributed by atoms with Gasteiger partial charge in [-0.05, 0) is 74.8 Å². The van der Waals surface area contributed by atoms with Gasteiger partial charge in [-0.3, -0.25) is 4.79 Å². The Labute approximate surface area is 178 Å². The van der Waals surface area contributed by atoms with Gasteiger partial charge in [0.1, 0.15) is 5.75 Å². The first-order valence-corrected chi connectivity index (χ1v) is 11.4. The van der Waals surface area contributed by atoms with Crippen molar-refractivity contribution in [3.8, 4) is 5.75 Å². The van der Waals surface area contributed by atoms with Gasteiger partial charge in [0, 0.05) is 18.7 Å². The third-order valence-electron chi connectivity index (χ3n) is 4.83. The Morgan fingerprint density at radius 1 is 1.23 bits per heavy atom. The van der Waals surface area contributed by atoms with Crippen LogP contribution in [0.25, 0.3) is 0 Å². The van der Waals surface area contributed by atoms with Gasteiger partial charge < -0.3 is 19.9 Å². The molecule has 2 aromatic rings. The summed E-state index contributed by atoms with van der Waals surface area (Å²) in [6.07, 6.45) is 2.19. The van der Waals surface area contributed by atoms with Crippen molar-refractivity contribution in [3.05, 3.63) is 53.6 Å². The van der Waals surface area contributed by atoms with Gasteiger partial charge in [-0.1, -0.05) is 12.1 Å². The number of hydrogen-bond donors (Lipinski definition) is 2. The van der Waals surface area contributed by atoms with E-state index in [1.165, 1.54) is 0 Å². The lowest BCUT2D eigenvalue weighted by atomic mass is 10.1. The predicted octanol–water partition coefficient (Wildman–Crippen LogP) is 2.16. The molecule has 0 spiro atoms. The summed E-state index contributed by atoms with van der Waals surface area (Å²) in [4.78, 5) is 14.7. The first kappa shape index (κ1) is 22.3. The molecule has 1 saturated carbocycles. The van der Waals surface area contributed by atoms with Gasteiger partial charge in [0.05, 0.1) is 10.1 Å². The van der Waals surface area contributed by atoms with E-state index in [1.807, 2.05) is 25.1 Å². The standard InChI is InChI=1S/C21H26BN2O5S/c1-24(2)14-16-13-17(7-10-20(16)30(27,28)19-8-9-19)23-21(25)11-6-15-4-3-5-18(12-15)29-22-26/h3-5,7,10,12-13,19,26H,6,8-9,11,14H2,1-2H3,(H,23,25). The first-order chi connectivity index (χ1) is 14.3. The third-order valence-corrected chi connectivity index (χ3v) is 7.19. The van der Waals surface area contributed by atoms with Gasteiger partial charge in [-0.25, -0.2) is 8.42 Å². The molecular formula is C21H26BN2O5S. The molecule has 7 nitrogen and oxygen atoms in total. The van der Waals surface area contributed by atoms with Crippen molar-refractivity contribution in [1.29, 1.82) is 0 Å². The van der Waals surface area contributed by atoms with Crippen LogP contribution in [0.2, 0.25) is 0 Å². The van der Waals surface area contributed by atoms with Crippen molar-refractivity contribution in [1.82, 2.24) is 4.90 Å². The number of sulfone groups is 1. The van der Waals surface area contributed by atoms with Crippen LogP contribution in [0.4, 0.5) is 5.69 Å². The Bertz CT molecular complexity index is 1010. The van der Waals surface area contributed by atoms with E-state index in [4.69, 9.17) is 9.68 Å². The van der Waals surface area contributed by atoms with Gasteiger partial charge in [0.2, 0.25) is 5.91 Å². The maximum absolute atomic E-state index is 12.7. The summed E-state index contributed by atoms with van der Waals surface area (Å²) in [6, 6.07) is 12.1. The number of anilines is 1. The molecule has 0 aromatic heterocycles. The van der Waals surface area contributed by atoms with E-state index in [-0.39, 0.29) is 17.6 Å².